The Balaban J connectivity index is 2.42. The molecule has 1 heterocycles. The van der Waals surface area contributed by atoms with E-state index in [1.807, 2.05) is 0 Å². The number of nitrogens with two attached hydrogens (primary N) is 1. The van der Waals surface area contributed by atoms with Gasteiger partial charge in [0, 0.05) is 36.3 Å². The highest BCUT2D eigenvalue weighted by Crippen LogP contribution is 2.32. The largest absolute Gasteiger partial charge is 0.363 e. The molecule has 0 atom stereocenters. The second-order valence-electron chi connectivity index (χ2n) is 4.38. The Kier molecular flexibility index (Phi) is 6.06. The molecular weight excluding hydrogens is 373 g/mol. The Morgan fingerprint density at radius 2 is 1.86 bits per heavy atom. The molecule has 1 aromatic carbocycles. The first-order valence-corrected chi connectivity index (χ1v) is 7.71. The first-order chi connectivity index (χ1) is 10.4. The lowest BCUT2D eigenvalue weighted by molar-refractivity contribution is 0.625. The van der Waals surface area contributed by atoms with Crippen LogP contribution in [0.4, 0.5) is 10.1 Å². The van der Waals surface area contributed by atoms with Gasteiger partial charge in [-0.15, -0.1) is 10.2 Å². The normalized spacial score (nSPS) is 10.8. The van der Waals surface area contributed by atoms with Crippen LogP contribution in [0.2, 0.25) is 20.4 Å². The molecule has 2 N–H and O–H groups in total. The first-order valence-electron chi connectivity index (χ1n) is 6.20. The number of benzene rings is 1. The van der Waals surface area contributed by atoms with Gasteiger partial charge in [0.25, 0.3) is 0 Å². The summed E-state index contributed by atoms with van der Waals surface area (Å²) >= 11 is 24.0. The van der Waals surface area contributed by atoms with Crippen molar-refractivity contribution in [2.75, 3.05) is 18.0 Å². The monoisotopic (exact) mass is 382 g/mol. The molecule has 2 rings (SSSR count). The average molecular weight is 384 g/mol. The highest BCUT2D eigenvalue weighted by atomic mass is 35.5. The Morgan fingerprint density at radius 1 is 1.14 bits per heavy atom. The smallest absolute Gasteiger partial charge is 0.175 e. The third kappa shape index (κ3) is 3.91. The van der Waals surface area contributed by atoms with Crippen LogP contribution in [0.5, 0.6) is 0 Å². The lowest BCUT2D eigenvalue weighted by Gasteiger charge is -2.25. The highest BCUT2D eigenvalue weighted by molar-refractivity contribution is 6.36. The van der Waals surface area contributed by atoms with E-state index < -0.39 is 5.82 Å². The second kappa shape index (κ2) is 7.62. The minimum Gasteiger partial charge on any atom is -0.363 e. The molecular formula is C13H11Cl4FN4. The summed E-state index contributed by atoms with van der Waals surface area (Å²) in [5, 5.41) is 8.03. The van der Waals surface area contributed by atoms with Crippen molar-refractivity contribution < 1.29 is 4.39 Å². The lowest BCUT2D eigenvalue weighted by Crippen LogP contribution is -2.29. The molecule has 0 saturated carbocycles. The summed E-state index contributed by atoms with van der Waals surface area (Å²) in [6, 6.07) is 4.20. The van der Waals surface area contributed by atoms with E-state index in [1.165, 1.54) is 12.1 Å². The predicted octanol–water partition coefficient (Wildman–Crippen LogP) is 4.19. The minimum absolute atomic E-state index is 0.0428. The molecule has 1 aromatic heterocycles. The fraction of sp³-hybridized carbons (Fsp3) is 0.231. The Bertz CT molecular complexity index is 683. The summed E-state index contributed by atoms with van der Waals surface area (Å²) in [7, 11) is 0. The molecule has 0 radical (unpaired) electrons. The number of anilines is 1. The average Bonchev–Trinajstić information content (AvgIpc) is 2.49. The number of aromatic nitrogens is 2. The van der Waals surface area contributed by atoms with E-state index in [4.69, 9.17) is 52.1 Å². The quantitative estimate of drug-likeness (QED) is 0.786. The van der Waals surface area contributed by atoms with Gasteiger partial charge in [-0.05, 0) is 12.1 Å². The SMILES string of the molecule is NCCN(Cc1c(Cl)ccc(F)c1Cl)c1cc(Cl)nnc1Cl. The molecule has 0 bridgehead atoms. The third-order valence-electron chi connectivity index (χ3n) is 2.93. The van der Waals surface area contributed by atoms with Crippen molar-refractivity contribution in [2.24, 2.45) is 5.73 Å². The fourth-order valence-corrected chi connectivity index (χ4v) is 2.75. The van der Waals surface area contributed by atoms with Crippen LogP contribution in [-0.4, -0.2) is 23.3 Å². The molecule has 0 saturated heterocycles. The topological polar surface area (TPSA) is 55.0 Å². The predicted molar refractivity (Wildman–Crippen MR) is 88.6 cm³/mol. The van der Waals surface area contributed by atoms with E-state index in [9.17, 15) is 4.39 Å². The number of hydrogen-bond acceptors (Lipinski definition) is 4. The van der Waals surface area contributed by atoms with E-state index in [2.05, 4.69) is 10.2 Å². The maximum absolute atomic E-state index is 13.6. The maximum atomic E-state index is 13.6. The summed E-state index contributed by atoms with van der Waals surface area (Å²) in [5.41, 5.74) is 6.57. The molecule has 4 nitrogen and oxygen atoms in total. The van der Waals surface area contributed by atoms with Gasteiger partial charge in [-0.2, -0.15) is 0 Å². The van der Waals surface area contributed by atoms with Gasteiger partial charge in [-0.1, -0.05) is 46.4 Å². The Morgan fingerprint density at radius 3 is 2.55 bits per heavy atom. The van der Waals surface area contributed by atoms with Crippen LogP contribution in [0, 0.1) is 5.82 Å². The Labute approximate surface area is 146 Å². The maximum Gasteiger partial charge on any atom is 0.175 e. The fourth-order valence-electron chi connectivity index (χ4n) is 1.91. The molecule has 0 aliphatic carbocycles. The van der Waals surface area contributed by atoms with Crippen LogP contribution in [-0.2, 0) is 6.54 Å². The number of hydrogen-bond donors (Lipinski definition) is 1. The van der Waals surface area contributed by atoms with Crippen LogP contribution in [0.15, 0.2) is 18.2 Å². The van der Waals surface area contributed by atoms with E-state index in [0.717, 1.165) is 0 Å². The molecule has 0 unspecified atom stereocenters. The number of nitrogens with zero attached hydrogens (tertiary/aromatic N) is 3. The van der Waals surface area contributed by atoms with Crippen molar-refractivity contribution in [3.05, 3.63) is 49.9 Å². The summed E-state index contributed by atoms with van der Waals surface area (Å²) in [4.78, 5) is 1.76. The molecule has 9 heteroatoms. The number of rotatable bonds is 5. The molecule has 0 aliphatic heterocycles. The molecule has 0 fully saturated rings. The van der Waals surface area contributed by atoms with E-state index in [0.29, 0.717) is 29.4 Å². The van der Waals surface area contributed by atoms with Gasteiger partial charge in [-0.25, -0.2) is 4.39 Å². The van der Waals surface area contributed by atoms with Gasteiger partial charge in [0.1, 0.15) is 5.82 Å². The summed E-state index contributed by atoms with van der Waals surface area (Å²) < 4.78 is 13.6. The third-order valence-corrected chi connectivity index (χ3v) is 4.14. The van der Waals surface area contributed by atoms with Crippen LogP contribution in [0.25, 0.3) is 0 Å². The van der Waals surface area contributed by atoms with E-state index in [-0.39, 0.29) is 21.9 Å². The van der Waals surface area contributed by atoms with Gasteiger partial charge in [-0.3, -0.25) is 0 Å². The zero-order valence-electron chi connectivity index (χ0n) is 11.2. The van der Waals surface area contributed by atoms with Crippen molar-refractivity contribution in [2.45, 2.75) is 6.54 Å². The van der Waals surface area contributed by atoms with Gasteiger partial charge in [0.05, 0.1) is 10.7 Å². The van der Waals surface area contributed by atoms with E-state index in [1.54, 1.807) is 11.0 Å². The first kappa shape index (κ1) is 17.5. The van der Waals surface area contributed by atoms with Crippen molar-refractivity contribution in [1.82, 2.24) is 10.2 Å². The lowest BCUT2D eigenvalue weighted by atomic mass is 10.2. The zero-order chi connectivity index (χ0) is 16.3. The molecule has 118 valence electrons. The van der Waals surface area contributed by atoms with Gasteiger partial charge in [0.2, 0.25) is 0 Å². The van der Waals surface area contributed by atoms with Gasteiger partial charge in [0.15, 0.2) is 10.3 Å². The van der Waals surface area contributed by atoms with Crippen LogP contribution in [0.3, 0.4) is 0 Å². The van der Waals surface area contributed by atoms with Crippen molar-refractivity contribution in [3.63, 3.8) is 0 Å². The standard InChI is InChI=1S/C13H11Cl4FN4/c14-8-1-2-9(18)12(16)7(8)6-22(4-3-19)10-5-11(15)20-21-13(10)17/h1-2,5H,3-4,6,19H2. The molecule has 2 aromatic rings. The van der Waals surface area contributed by atoms with Crippen LogP contribution in [0.1, 0.15) is 5.56 Å². The van der Waals surface area contributed by atoms with Gasteiger partial charge < -0.3 is 10.6 Å². The summed E-state index contributed by atoms with van der Waals surface area (Å²) in [6.07, 6.45) is 0. The highest BCUT2D eigenvalue weighted by Gasteiger charge is 2.18. The van der Waals surface area contributed by atoms with Crippen molar-refractivity contribution >= 4 is 52.1 Å². The zero-order valence-corrected chi connectivity index (χ0v) is 14.2. The van der Waals surface area contributed by atoms with Crippen molar-refractivity contribution in [1.29, 1.82) is 0 Å². The van der Waals surface area contributed by atoms with Gasteiger partial charge >= 0.3 is 0 Å². The number of halogens is 5. The second-order valence-corrected chi connectivity index (χ2v) is 5.91. The molecule has 0 amide bonds. The minimum atomic E-state index is -0.550. The molecule has 0 aliphatic rings. The molecule has 22 heavy (non-hydrogen) atoms. The Hall–Kier alpha value is -0.850. The van der Waals surface area contributed by atoms with Crippen molar-refractivity contribution in [3.8, 4) is 0 Å². The summed E-state index contributed by atoms with van der Waals surface area (Å²) in [6.45, 7) is 0.958. The van der Waals surface area contributed by atoms with Crippen LogP contribution < -0.4 is 10.6 Å². The summed E-state index contributed by atoms with van der Waals surface area (Å²) in [5.74, 6) is -0.550. The van der Waals surface area contributed by atoms with E-state index >= 15 is 0 Å². The molecule has 0 spiro atoms. The van der Waals surface area contributed by atoms with Crippen LogP contribution >= 0.6 is 46.4 Å².